The minimum atomic E-state index is -0.618. The first kappa shape index (κ1) is 27.0. The summed E-state index contributed by atoms with van der Waals surface area (Å²) in [6, 6.07) is 16.0. The Balaban J connectivity index is 1.17. The molecule has 1 atom stereocenters. The van der Waals surface area contributed by atoms with Crippen LogP contribution in [0.4, 0.5) is 10.6 Å². The Kier molecular flexibility index (Phi) is 7.24. The van der Waals surface area contributed by atoms with E-state index in [0.717, 1.165) is 45.4 Å². The van der Waals surface area contributed by atoms with Gasteiger partial charge in [-0.15, -0.1) is 0 Å². The summed E-state index contributed by atoms with van der Waals surface area (Å²) < 4.78 is 5.52. The van der Waals surface area contributed by atoms with Crippen LogP contribution in [0.1, 0.15) is 71.0 Å². The third kappa shape index (κ3) is 5.82. The number of carbonyl (C=O) groups is 2. The lowest BCUT2D eigenvalue weighted by molar-refractivity contribution is -0.120. The van der Waals surface area contributed by atoms with Crippen molar-refractivity contribution in [2.75, 3.05) is 11.9 Å². The molecule has 8 heteroatoms. The molecule has 41 heavy (non-hydrogen) atoms. The number of fused-ring (bicyclic) bond motifs is 1. The molecule has 6 rings (SSSR count). The van der Waals surface area contributed by atoms with Crippen molar-refractivity contribution < 1.29 is 14.3 Å². The van der Waals surface area contributed by atoms with Crippen LogP contribution in [-0.4, -0.2) is 50.0 Å². The van der Waals surface area contributed by atoms with Gasteiger partial charge in [-0.2, -0.15) is 0 Å². The number of nitrogens with one attached hydrogen (secondary N) is 2. The molecular weight excluding hydrogens is 514 g/mol. The number of hydrogen-bond acceptors (Lipinski definition) is 5. The number of carbonyl (C=O) groups excluding carboxylic acids is 2. The monoisotopic (exact) mass is 551 g/mol. The summed E-state index contributed by atoms with van der Waals surface area (Å²) in [5, 5.41) is 4.79. The van der Waals surface area contributed by atoms with Crippen LogP contribution in [0.25, 0.3) is 33.2 Å². The van der Waals surface area contributed by atoms with Crippen LogP contribution < -0.4 is 5.32 Å². The highest BCUT2D eigenvalue weighted by Crippen LogP contribution is 2.34. The zero-order chi connectivity index (χ0) is 28.6. The van der Waals surface area contributed by atoms with Gasteiger partial charge in [0.2, 0.25) is 5.91 Å². The smallest absolute Gasteiger partial charge is 0.410 e. The normalized spacial score (nSPS) is 17.7. The van der Waals surface area contributed by atoms with Crippen LogP contribution in [0, 0.1) is 0 Å². The van der Waals surface area contributed by atoms with E-state index in [1.807, 2.05) is 45.2 Å². The van der Waals surface area contributed by atoms with Crippen molar-refractivity contribution in [3.63, 3.8) is 0 Å². The van der Waals surface area contributed by atoms with Crippen LogP contribution in [0.15, 0.2) is 60.9 Å². The Morgan fingerprint density at radius 3 is 2.41 bits per heavy atom. The predicted octanol–water partition coefficient (Wildman–Crippen LogP) is 7.29. The number of benzene rings is 2. The Bertz CT molecular complexity index is 1560. The van der Waals surface area contributed by atoms with Crippen molar-refractivity contribution in [1.29, 1.82) is 0 Å². The van der Waals surface area contributed by atoms with E-state index < -0.39 is 17.7 Å². The van der Waals surface area contributed by atoms with E-state index in [1.165, 1.54) is 30.6 Å². The van der Waals surface area contributed by atoms with Gasteiger partial charge in [-0.3, -0.25) is 9.69 Å². The zero-order valence-corrected chi connectivity index (χ0v) is 23.9. The summed E-state index contributed by atoms with van der Waals surface area (Å²) in [6.07, 6.45) is 9.56. The van der Waals surface area contributed by atoms with E-state index >= 15 is 0 Å². The van der Waals surface area contributed by atoms with Crippen molar-refractivity contribution in [3.8, 4) is 22.4 Å². The molecule has 1 aliphatic heterocycles. The number of amides is 2. The maximum absolute atomic E-state index is 13.2. The molecule has 1 saturated carbocycles. The van der Waals surface area contributed by atoms with Gasteiger partial charge in [0.05, 0.1) is 11.9 Å². The number of hydrogen-bond donors (Lipinski definition) is 2. The topological polar surface area (TPSA) is 100 Å². The maximum Gasteiger partial charge on any atom is 0.410 e. The summed E-state index contributed by atoms with van der Waals surface area (Å²) >= 11 is 0. The number of aromatic nitrogens is 3. The molecule has 2 amide bonds. The number of pyridine rings is 1. The number of H-pyrrole nitrogens is 1. The van der Waals surface area contributed by atoms with Crippen molar-refractivity contribution in [1.82, 2.24) is 19.9 Å². The molecule has 2 fully saturated rings. The zero-order valence-electron chi connectivity index (χ0n) is 23.9. The molecular formula is C33H37N5O3. The van der Waals surface area contributed by atoms with E-state index in [1.54, 1.807) is 6.20 Å². The van der Waals surface area contributed by atoms with Gasteiger partial charge in [0.15, 0.2) is 0 Å². The van der Waals surface area contributed by atoms with Crippen LogP contribution in [0.3, 0.4) is 0 Å². The highest BCUT2D eigenvalue weighted by molar-refractivity contribution is 6.04. The first-order valence-corrected chi connectivity index (χ1v) is 14.6. The van der Waals surface area contributed by atoms with Gasteiger partial charge in [0.25, 0.3) is 0 Å². The van der Waals surface area contributed by atoms with Crippen LogP contribution in [-0.2, 0) is 9.53 Å². The third-order valence-electron chi connectivity index (χ3n) is 8.06. The molecule has 0 radical (unpaired) electrons. The number of aromatic amines is 1. The molecule has 2 N–H and O–H groups in total. The first-order valence-electron chi connectivity index (χ1n) is 14.6. The minimum absolute atomic E-state index is 0.247. The molecule has 212 valence electrons. The number of imidazole rings is 1. The molecule has 4 aromatic rings. The van der Waals surface area contributed by atoms with Gasteiger partial charge in [0.1, 0.15) is 23.3 Å². The molecule has 0 unspecified atom stereocenters. The lowest BCUT2D eigenvalue weighted by Gasteiger charge is -2.28. The molecule has 0 bridgehead atoms. The molecule has 2 aromatic heterocycles. The Hall–Kier alpha value is -4.20. The van der Waals surface area contributed by atoms with Crippen LogP contribution in [0.2, 0.25) is 0 Å². The second-order valence-electron chi connectivity index (χ2n) is 12.2. The quantitative estimate of drug-likeness (QED) is 0.271. The minimum Gasteiger partial charge on any atom is -0.444 e. The molecule has 0 spiro atoms. The van der Waals surface area contributed by atoms with E-state index in [-0.39, 0.29) is 5.91 Å². The summed E-state index contributed by atoms with van der Waals surface area (Å²) in [5.41, 5.74) is 3.74. The number of likely N-dealkylation sites (tertiary alicyclic amines) is 1. The number of rotatable bonds is 5. The molecule has 1 aliphatic carbocycles. The van der Waals surface area contributed by atoms with Crippen LogP contribution >= 0.6 is 0 Å². The van der Waals surface area contributed by atoms with E-state index in [4.69, 9.17) is 4.74 Å². The predicted molar refractivity (Wildman–Crippen MR) is 161 cm³/mol. The highest BCUT2D eigenvalue weighted by Gasteiger charge is 2.37. The Labute approximate surface area is 240 Å². The SMILES string of the molecule is CC(C)(C)OC(=O)N1CCC[C@H]1C(=O)Nc1nccc2cc(-c3ccc(-c4cnc(C5CCCC5)[nH]4)cc3)ccc12. The number of anilines is 1. The van der Waals surface area contributed by atoms with Crippen molar-refractivity contribution >= 4 is 28.6 Å². The van der Waals surface area contributed by atoms with Gasteiger partial charge in [-0.1, -0.05) is 49.2 Å². The van der Waals surface area contributed by atoms with E-state index in [0.29, 0.717) is 24.7 Å². The second-order valence-corrected chi connectivity index (χ2v) is 12.2. The lowest BCUT2D eigenvalue weighted by atomic mass is 10.00. The van der Waals surface area contributed by atoms with Gasteiger partial charge in [-0.25, -0.2) is 14.8 Å². The van der Waals surface area contributed by atoms with E-state index in [9.17, 15) is 9.59 Å². The Morgan fingerprint density at radius 1 is 0.927 bits per heavy atom. The molecule has 3 heterocycles. The van der Waals surface area contributed by atoms with Gasteiger partial charge in [-0.05, 0) is 80.7 Å². The molecule has 2 aliphatic rings. The average Bonchev–Trinajstić information content (AvgIpc) is 3.74. The Morgan fingerprint density at radius 2 is 1.66 bits per heavy atom. The van der Waals surface area contributed by atoms with Crippen molar-refractivity contribution in [2.24, 2.45) is 0 Å². The van der Waals surface area contributed by atoms with Crippen molar-refractivity contribution in [2.45, 2.75) is 76.9 Å². The summed E-state index contributed by atoms with van der Waals surface area (Å²) in [7, 11) is 0. The fraction of sp³-hybridized carbons (Fsp3) is 0.394. The van der Waals surface area contributed by atoms with Gasteiger partial charge in [0, 0.05) is 24.0 Å². The lowest BCUT2D eigenvalue weighted by Crippen LogP contribution is -2.45. The largest absolute Gasteiger partial charge is 0.444 e. The first-order chi connectivity index (χ1) is 19.7. The maximum atomic E-state index is 13.2. The molecule has 2 aromatic carbocycles. The number of ether oxygens (including phenoxy) is 1. The average molecular weight is 552 g/mol. The molecule has 1 saturated heterocycles. The summed E-state index contributed by atoms with van der Waals surface area (Å²) in [5.74, 6) is 1.91. The number of nitrogens with zero attached hydrogens (tertiary/aromatic N) is 3. The highest BCUT2D eigenvalue weighted by atomic mass is 16.6. The molecule has 8 nitrogen and oxygen atoms in total. The third-order valence-corrected chi connectivity index (χ3v) is 8.06. The standard InChI is InChI=1S/C33H37N5O3/c1-33(2,3)41-32(40)38-18-6-9-28(38)31(39)37-30-26-15-14-24(19-25(26)16-17-34-30)21-10-12-22(13-11-21)27-20-35-29(36-27)23-7-4-5-8-23/h10-17,19-20,23,28H,4-9,18H2,1-3H3,(H,35,36)(H,34,37,39)/t28-/m0/s1. The fourth-order valence-corrected chi connectivity index (χ4v) is 5.97. The summed E-state index contributed by atoms with van der Waals surface area (Å²) in [4.78, 5) is 40.1. The van der Waals surface area contributed by atoms with Crippen LogP contribution in [0.5, 0.6) is 0 Å². The van der Waals surface area contributed by atoms with Gasteiger partial charge >= 0.3 is 6.09 Å². The van der Waals surface area contributed by atoms with Gasteiger partial charge < -0.3 is 15.0 Å². The summed E-state index contributed by atoms with van der Waals surface area (Å²) in [6.45, 7) is 5.97. The van der Waals surface area contributed by atoms with Crippen molar-refractivity contribution in [3.05, 3.63) is 66.7 Å². The second kappa shape index (κ2) is 11.0. The van der Waals surface area contributed by atoms with E-state index in [2.05, 4.69) is 50.6 Å². The fourth-order valence-electron chi connectivity index (χ4n) is 5.97.